The number of carbonyl (C=O) groups is 1. The summed E-state index contributed by atoms with van der Waals surface area (Å²) in [6.45, 7) is 2.78. The average molecular weight is 261 g/mol. The molecule has 0 saturated heterocycles. The molecule has 0 atom stereocenters. The van der Waals surface area contributed by atoms with Gasteiger partial charge in [-0.3, -0.25) is 4.79 Å². The first kappa shape index (κ1) is 13.1. The number of rotatable bonds is 6. The fourth-order valence-electron chi connectivity index (χ4n) is 1.68. The number of aromatic amines is 1. The molecule has 0 fully saturated rings. The van der Waals surface area contributed by atoms with Crippen molar-refractivity contribution in [2.75, 3.05) is 6.61 Å². The lowest BCUT2D eigenvalue weighted by atomic mass is 10.1. The topological polar surface area (TPSA) is 72.3 Å². The van der Waals surface area contributed by atoms with E-state index in [-0.39, 0.29) is 5.56 Å². The minimum Gasteiger partial charge on any atom is -0.494 e. The van der Waals surface area contributed by atoms with E-state index in [4.69, 9.17) is 4.74 Å². The zero-order valence-electron chi connectivity index (χ0n) is 10.6. The highest BCUT2D eigenvalue weighted by atomic mass is 16.5. The summed E-state index contributed by atoms with van der Waals surface area (Å²) >= 11 is 0. The highest BCUT2D eigenvalue weighted by Gasteiger charge is 2.12. The Morgan fingerprint density at radius 1 is 1.32 bits per heavy atom. The number of ether oxygens (including phenoxy) is 1. The average Bonchev–Trinajstić information content (AvgIpc) is 2.81. The summed E-state index contributed by atoms with van der Waals surface area (Å²) in [4.78, 5) is 22.1. The van der Waals surface area contributed by atoms with Gasteiger partial charge in [0.05, 0.1) is 12.3 Å². The van der Waals surface area contributed by atoms with Crippen LogP contribution in [0.15, 0.2) is 33.6 Å². The van der Waals surface area contributed by atoms with Crippen LogP contribution in [0.25, 0.3) is 11.3 Å². The van der Waals surface area contributed by atoms with Crippen molar-refractivity contribution in [3.8, 4) is 17.0 Å². The van der Waals surface area contributed by atoms with Crippen LogP contribution < -0.4 is 10.4 Å². The molecule has 2 rings (SSSR count). The van der Waals surface area contributed by atoms with E-state index in [0.29, 0.717) is 24.2 Å². The second-order valence-electron chi connectivity index (χ2n) is 4.12. The molecule has 1 heterocycles. The summed E-state index contributed by atoms with van der Waals surface area (Å²) in [5, 5.41) is 2.45. The Kier molecular flexibility index (Phi) is 4.18. The first-order chi connectivity index (χ1) is 9.26. The highest BCUT2D eigenvalue weighted by Crippen LogP contribution is 2.22. The van der Waals surface area contributed by atoms with Crippen LogP contribution in [0.3, 0.4) is 0 Å². The SMILES string of the molecule is CCCCOc1ccc(-c2[nH]oc(=O)c2C=O)cc1. The van der Waals surface area contributed by atoms with Crippen LogP contribution in [0.4, 0.5) is 0 Å². The number of carbonyl (C=O) groups excluding carboxylic acids is 1. The molecule has 1 aromatic heterocycles. The lowest BCUT2D eigenvalue weighted by Gasteiger charge is -2.05. The molecule has 1 aromatic carbocycles. The molecular weight excluding hydrogens is 246 g/mol. The molecule has 0 radical (unpaired) electrons. The fraction of sp³-hybridized carbons (Fsp3) is 0.286. The Bertz CT molecular complexity index is 595. The molecule has 0 bridgehead atoms. The van der Waals surface area contributed by atoms with Crippen molar-refractivity contribution >= 4 is 6.29 Å². The Hall–Kier alpha value is -2.30. The molecule has 5 heteroatoms. The lowest BCUT2D eigenvalue weighted by Crippen LogP contribution is -2.00. The predicted octanol–water partition coefficient (Wildman–Crippen LogP) is 2.63. The maximum atomic E-state index is 11.2. The molecule has 5 nitrogen and oxygen atoms in total. The summed E-state index contributed by atoms with van der Waals surface area (Å²) in [5.41, 5.74) is 0.434. The number of aromatic nitrogens is 1. The molecule has 0 saturated carbocycles. The molecule has 0 unspecified atom stereocenters. The monoisotopic (exact) mass is 261 g/mol. The number of aldehydes is 1. The van der Waals surface area contributed by atoms with Crippen LogP contribution in [0.1, 0.15) is 30.1 Å². The van der Waals surface area contributed by atoms with Gasteiger partial charge in [0.1, 0.15) is 11.3 Å². The van der Waals surface area contributed by atoms with Crippen molar-refractivity contribution in [3.63, 3.8) is 0 Å². The van der Waals surface area contributed by atoms with Gasteiger partial charge in [0.15, 0.2) is 6.29 Å². The lowest BCUT2D eigenvalue weighted by molar-refractivity contribution is 0.112. The van der Waals surface area contributed by atoms with Gasteiger partial charge in [-0.1, -0.05) is 13.3 Å². The van der Waals surface area contributed by atoms with Gasteiger partial charge in [-0.15, -0.1) is 0 Å². The molecule has 0 aliphatic heterocycles. The Labute approximate surface area is 110 Å². The standard InChI is InChI=1S/C14H15NO4/c1-2-3-8-18-11-6-4-10(5-7-11)13-12(9-16)14(17)19-15-13/h4-7,9,15H,2-3,8H2,1H3. The largest absolute Gasteiger partial charge is 0.494 e. The minimum atomic E-state index is -0.659. The first-order valence-corrected chi connectivity index (χ1v) is 6.16. The smallest absolute Gasteiger partial charge is 0.368 e. The van der Waals surface area contributed by atoms with Gasteiger partial charge < -0.3 is 9.26 Å². The number of H-pyrrole nitrogens is 1. The molecule has 0 aliphatic rings. The maximum Gasteiger partial charge on any atom is 0.368 e. The third kappa shape index (κ3) is 2.93. The van der Waals surface area contributed by atoms with Gasteiger partial charge in [0.25, 0.3) is 0 Å². The van der Waals surface area contributed by atoms with Crippen LogP contribution >= 0.6 is 0 Å². The quantitative estimate of drug-likeness (QED) is 0.641. The number of hydrogen-bond acceptors (Lipinski definition) is 4. The number of hydrogen-bond donors (Lipinski definition) is 1. The number of unbranched alkanes of at least 4 members (excludes halogenated alkanes) is 1. The molecule has 0 aliphatic carbocycles. The van der Waals surface area contributed by atoms with Crippen LogP contribution in [0.2, 0.25) is 0 Å². The van der Waals surface area contributed by atoms with Crippen molar-refractivity contribution in [2.45, 2.75) is 19.8 Å². The maximum absolute atomic E-state index is 11.2. The molecule has 0 amide bonds. The van der Waals surface area contributed by atoms with E-state index >= 15 is 0 Å². The normalized spacial score (nSPS) is 10.4. The van der Waals surface area contributed by atoms with Crippen molar-refractivity contribution in [3.05, 3.63) is 40.2 Å². The van der Waals surface area contributed by atoms with Crippen molar-refractivity contribution in [1.82, 2.24) is 5.16 Å². The summed E-state index contributed by atoms with van der Waals surface area (Å²) in [7, 11) is 0. The van der Waals surface area contributed by atoms with Crippen molar-refractivity contribution < 1.29 is 14.1 Å². The minimum absolute atomic E-state index is 0.000323. The van der Waals surface area contributed by atoms with E-state index < -0.39 is 5.63 Å². The van der Waals surface area contributed by atoms with Crippen LogP contribution in [0, 0.1) is 0 Å². The fourth-order valence-corrected chi connectivity index (χ4v) is 1.68. The molecule has 0 spiro atoms. The second kappa shape index (κ2) is 6.04. The van der Waals surface area contributed by atoms with E-state index in [1.165, 1.54) is 0 Å². The third-order valence-corrected chi connectivity index (χ3v) is 2.76. The van der Waals surface area contributed by atoms with Crippen LogP contribution in [-0.2, 0) is 0 Å². The van der Waals surface area contributed by atoms with Gasteiger partial charge in [-0.2, -0.15) is 0 Å². The number of nitrogens with one attached hydrogen (secondary N) is 1. The zero-order chi connectivity index (χ0) is 13.7. The predicted molar refractivity (Wildman–Crippen MR) is 70.6 cm³/mol. The molecular formula is C14H15NO4. The van der Waals surface area contributed by atoms with E-state index in [1.807, 2.05) is 0 Å². The van der Waals surface area contributed by atoms with Crippen LogP contribution in [-0.4, -0.2) is 18.0 Å². The molecule has 100 valence electrons. The van der Waals surface area contributed by atoms with Gasteiger partial charge in [-0.05, 0) is 30.7 Å². The molecule has 19 heavy (non-hydrogen) atoms. The van der Waals surface area contributed by atoms with E-state index in [9.17, 15) is 9.59 Å². The summed E-state index contributed by atoms with van der Waals surface area (Å²) in [6.07, 6.45) is 2.58. The van der Waals surface area contributed by atoms with E-state index in [0.717, 1.165) is 18.6 Å². The second-order valence-corrected chi connectivity index (χ2v) is 4.12. The molecule has 2 aromatic rings. The Morgan fingerprint density at radius 3 is 2.68 bits per heavy atom. The van der Waals surface area contributed by atoms with E-state index in [2.05, 4.69) is 16.6 Å². The van der Waals surface area contributed by atoms with Crippen molar-refractivity contribution in [2.24, 2.45) is 0 Å². The van der Waals surface area contributed by atoms with E-state index in [1.54, 1.807) is 24.3 Å². The summed E-state index contributed by atoms with van der Waals surface area (Å²) in [6, 6.07) is 7.14. The van der Waals surface area contributed by atoms with Gasteiger partial charge in [0, 0.05) is 5.56 Å². The van der Waals surface area contributed by atoms with Crippen LogP contribution in [0.5, 0.6) is 5.75 Å². The number of benzene rings is 1. The third-order valence-electron chi connectivity index (χ3n) is 2.76. The molecule has 1 N–H and O–H groups in total. The first-order valence-electron chi connectivity index (χ1n) is 6.16. The zero-order valence-corrected chi connectivity index (χ0v) is 10.6. The summed E-state index contributed by atoms with van der Waals surface area (Å²) < 4.78 is 10.1. The highest BCUT2D eigenvalue weighted by molar-refractivity contribution is 5.84. The Balaban J connectivity index is 2.18. The van der Waals surface area contributed by atoms with Gasteiger partial charge >= 0.3 is 5.63 Å². The van der Waals surface area contributed by atoms with Crippen molar-refractivity contribution in [1.29, 1.82) is 0 Å². The summed E-state index contributed by atoms with van der Waals surface area (Å²) in [5.74, 6) is 0.760. The Morgan fingerprint density at radius 2 is 2.05 bits per heavy atom. The van der Waals surface area contributed by atoms with Gasteiger partial charge in [0.2, 0.25) is 0 Å². The van der Waals surface area contributed by atoms with Gasteiger partial charge in [-0.25, -0.2) is 9.95 Å².